The summed E-state index contributed by atoms with van der Waals surface area (Å²) in [6.07, 6.45) is 1.41. The second-order valence-electron chi connectivity index (χ2n) is 3.70. The Morgan fingerprint density at radius 1 is 1.53 bits per heavy atom. The first-order valence-electron chi connectivity index (χ1n) is 5.27. The molecule has 0 aliphatic rings. The SMILES string of the molecule is CCn1nc(C)cc1Cn1cc(C(=O)O)nn1. The van der Waals surface area contributed by atoms with Crippen molar-refractivity contribution >= 4 is 5.97 Å². The van der Waals surface area contributed by atoms with Gasteiger partial charge in [0.15, 0.2) is 5.69 Å². The van der Waals surface area contributed by atoms with Crippen LogP contribution in [-0.2, 0) is 13.1 Å². The first-order valence-corrected chi connectivity index (χ1v) is 5.27. The van der Waals surface area contributed by atoms with Crippen LogP contribution in [0.4, 0.5) is 0 Å². The van der Waals surface area contributed by atoms with Crippen LogP contribution in [0, 0.1) is 6.92 Å². The van der Waals surface area contributed by atoms with Gasteiger partial charge >= 0.3 is 5.97 Å². The molecule has 2 aromatic heterocycles. The van der Waals surface area contributed by atoms with E-state index in [2.05, 4.69) is 15.4 Å². The van der Waals surface area contributed by atoms with Crippen LogP contribution in [0.2, 0.25) is 0 Å². The molecule has 7 heteroatoms. The van der Waals surface area contributed by atoms with Crippen molar-refractivity contribution in [3.63, 3.8) is 0 Å². The van der Waals surface area contributed by atoms with Gasteiger partial charge in [-0.15, -0.1) is 5.10 Å². The number of carbonyl (C=O) groups is 1. The predicted octanol–water partition coefficient (Wildman–Crippen LogP) is 0.549. The smallest absolute Gasteiger partial charge is 0.358 e. The largest absolute Gasteiger partial charge is 0.476 e. The van der Waals surface area contributed by atoms with E-state index in [4.69, 9.17) is 5.11 Å². The van der Waals surface area contributed by atoms with Gasteiger partial charge in [-0.1, -0.05) is 5.21 Å². The summed E-state index contributed by atoms with van der Waals surface area (Å²) in [5.41, 5.74) is 1.86. The quantitative estimate of drug-likeness (QED) is 0.836. The monoisotopic (exact) mass is 235 g/mol. The van der Waals surface area contributed by atoms with E-state index < -0.39 is 5.97 Å². The van der Waals surface area contributed by atoms with E-state index in [1.54, 1.807) is 0 Å². The lowest BCUT2D eigenvalue weighted by Gasteiger charge is -2.03. The molecule has 0 saturated heterocycles. The fourth-order valence-corrected chi connectivity index (χ4v) is 1.64. The lowest BCUT2D eigenvalue weighted by atomic mass is 10.3. The Bertz CT molecular complexity index is 543. The molecular formula is C10H13N5O2. The molecule has 1 N–H and O–H groups in total. The van der Waals surface area contributed by atoms with Gasteiger partial charge in [0.05, 0.1) is 24.1 Å². The second-order valence-corrected chi connectivity index (χ2v) is 3.70. The highest BCUT2D eigenvalue weighted by atomic mass is 16.4. The molecule has 0 aromatic carbocycles. The number of hydrogen-bond acceptors (Lipinski definition) is 4. The molecule has 0 spiro atoms. The fraction of sp³-hybridized carbons (Fsp3) is 0.400. The number of hydrogen-bond donors (Lipinski definition) is 1. The summed E-state index contributed by atoms with van der Waals surface area (Å²) in [4.78, 5) is 10.7. The normalized spacial score (nSPS) is 10.7. The maximum atomic E-state index is 10.7. The van der Waals surface area contributed by atoms with Gasteiger partial charge in [0.1, 0.15) is 0 Å². The molecule has 0 unspecified atom stereocenters. The minimum absolute atomic E-state index is 0.0516. The van der Waals surface area contributed by atoms with Crippen molar-refractivity contribution in [3.05, 3.63) is 29.3 Å². The molecule has 2 aromatic rings. The highest BCUT2D eigenvalue weighted by Crippen LogP contribution is 2.06. The number of carboxylic acid groups (broad SMARTS) is 1. The van der Waals surface area contributed by atoms with Crippen molar-refractivity contribution in [3.8, 4) is 0 Å². The molecule has 0 radical (unpaired) electrons. The van der Waals surface area contributed by atoms with Gasteiger partial charge in [-0.05, 0) is 19.9 Å². The van der Waals surface area contributed by atoms with Gasteiger partial charge in [0.25, 0.3) is 0 Å². The van der Waals surface area contributed by atoms with E-state index in [0.717, 1.165) is 17.9 Å². The van der Waals surface area contributed by atoms with E-state index in [1.165, 1.54) is 10.9 Å². The highest BCUT2D eigenvalue weighted by molar-refractivity contribution is 5.84. The number of rotatable bonds is 4. The van der Waals surface area contributed by atoms with Gasteiger partial charge in [-0.25, -0.2) is 9.48 Å². The van der Waals surface area contributed by atoms with Crippen molar-refractivity contribution in [2.75, 3.05) is 0 Å². The average Bonchev–Trinajstić information content (AvgIpc) is 2.86. The summed E-state index contributed by atoms with van der Waals surface area (Å²) < 4.78 is 3.35. The molecule has 0 atom stereocenters. The standard InChI is InChI=1S/C10H13N5O2/c1-3-15-8(4-7(2)12-15)5-14-6-9(10(16)17)11-13-14/h4,6H,3,5H2,1-2H3,(H,16,17). The Balaban J connectivity index is 2.21. The first kappa shape index (κ1) is 11.3. The predicted molar refractivity (Wildman–Crippen MR) is 58.7 cm³/mol. The maximum absolute atomic E-state index is 10.7. The number of aromatic carboxylic acids is 1. The summed E-state index contributed by atoms with van der Waals surface area (Å²) in [6, 6.07) is 1.95. The average molecular weight is 235 g/mol. The van der Waals surface area contributed by atoms with Gasteiger partial charge in [-0.3, -0.25) is 4.68 Å². The maximum Gasteiger partial charge on any atom is 0.358 e. The third-order valence-corrected chi connectivity index (χ3v) is 2.37. The van der Waals surface area contributed by atoms with E-state index in [-0.39, 0.29) is 5.69 Å². The summed E-state index contributed by atoms with van der Waals surface area (Å²) in [6.45, 7) is 5.15. The summed E-state index contributed by atoms with van der Waals surface area (Å²) in [7, 11) is 0. The molecule has 90 valence electrons. The zero-order valence-corrected chi connectivity index (χ0v) is 9.66. The number of nitrogens with zero attached hydrogens (tertiary/aromatic N) is 5. The van der Waals surface area contributed by atoms with E-state index in [9.17, 15) is 4.79 Å². The molecule has 7 nitrogen and oxygen atoms in total. The molecule has 0 aliphatic heterocycles. The van der Waals surface area contributed by atoms with Crippen LogP contribution in [0.5, 0.6) is 0 Å². The van der Waals surface area contributed by atoms with E-state index >= 15 is 0 Å². The molecule has 0 saturated carbocycles. The molecule has 2 heterocycles. The van der Waals surface area contributed by atoms with Crippen LogP contribution >= 0.6 is 0 Å². The Morgan fingerprint density at radius 2 is 2.29 bits per heavy atom. The Kier molecular flexibility index (Phi) is 2.90. The third kappa shape index (κ3) is 2.32. The molecule has 0 fully saturated rings. The summed E-state index contributed by atoms with van der Waals surface area (Å²) >= 11 is 0. The highest BCUT2D eigenvalue weighted by Gasteiger charge is 2.10. The van der Waals surface area contributed by atoms with Gasteiger partial charge in [0.2, 0.25) is 0 Å². The van der Waals surface area contributed by atoms with Crippen LogP contribution in [0.3, 0.4) is 0 Å². The lowest BCUT2D eigenvalue weighted by Crippen LogP contribution is -2.08. The number of carboxylic acids is 1. The van der Waals surface area contributed by atoms with Crippen molar-refractivity contribution in [2.45, 2.75) is 26.9 Å². The lowest BCUT2D eigenvalue weighted by molar-refractivity contribution is 0.0690. The number of aromatic nitrogens is 5. The van der Waals surface area contributed by atoms with Gasteiger partial charge in [-0.2, -0.15) is 5.10 Å². The van der Waals surface area contributed by atoms with Crippen molar-refractivity contribution < 1.29 is 9.90 Å². The fourth-order valence-electron chi connectivity index (χ4n) is 1.64. The topological polar surface area (TPSA) is 85.8 Å². The van der Waals surface area contributed by atoms with Crippen LogP contribution in [-0.4, -0.2) is 35.9 Å². The van der Waals surface area contributed by atoms with E-state index in [1.807, 2.05) is 24.6 Å². The van der Waals surface area contributed by atoms with Crippen LogP contribution < -0.4 is 0 Å². The van der Waals surface area contributed by atoms with Gasteiger partial charge in [0, 0.05) is 6.54 Å². The number of aryl methyl sites for hydroxylation is 2. The zero-order valence-electron chi connectivity index (χ0n) is 9.66. The third-order valence-electron chi connectivity index (χ3n) is 2.37. The summed E-state index contributed by atoms with van der Waals surface area (Å²) in [5, 5.41) is 20.4. The Hall–Kier alpha value is -2.18. The Morgan fingerprint density at radius 3 is 2.88 bits per heavy atom. The van der Waals surface area contributed by atoms with Crippen molar-refractivity contribution in [1.82, 2.24) is 24.8 Å². The zero-order chi connectivity index (χ0) is 12.4. The molecule has 2 rings (SSSR count). The molecule has 17 heavy (non-hydrogen) atoms. The molecule has 0 aliphatic carbocycles. The Labute approximate surface area is 97.7 Å². The van der Waals surface area contributed by atoms with Crippen molar-refractivity contribution in [1.29, 1.82) is 0 Å². The van der Waals surface area contributed by atoms with Crippen LogP contribution in [0.1, 0.15) is 28.8 Å². The molecular weight excluding hydrogens is 222 g/mol. The van der Waals surface area contributed by atoms with Gasteiger partial charge < -0.3 is 5.11 Å². The minimum atomic E-state index is -1.07. The van der Waals surface area contributed by atoms with Crippen molar-refractivity contribution in [2.24, 2.45) is 0 Å². The molecule has 0 amide bonds. The molecule has 0 bridgehead atoms. The first-order chi connectivity index (χ1) is 8.10. The minimum Gasteiger partial charge on any atom is -0.476 e. The summed E-state index contributed by atoms with van der Waals surface area (Å²) in [5.74, 6) is -1.07. The van der Waals surface area contributed by atoms with Crippen LogP contribution in [0.15, 0.2) is 12.3 Å². The van der Waals surface area contributed by atoms with E-state index in [0.29, 0.717) is 6.54 Å². The second kappa shape index (κ2) is 4.36. The van der Waals surface area contributed by atoms with Crippen LogP contribution in [0.25, 0.3) is 0 Å².